The van der Waals surface area contributed by atoms with Crippen molar-refractivity contribution in [2.24, 2.45) is 0 Å². The van der Waals surface area contributed by atoms with Crippen molar-refractivity contribution in [1.29, 1.82) is 0 Å². The third kappa shape index (κ3) is 4.19. The Morgan fingerprint density at radius 1 is 1.40 bits per heavy atom. The summed E-state index contributed by atoms with van der Waals surface area (Å²) >= 11 is 5.78. The molecule has 1 N–H and O–H groups in total. The first-order valence-electron chi connectivity index (χ1n) is 6.33. The summed E-state index contributed by atoms with van der Waals surface area (Å²) < 4.78 is 24.2. The molecule has 0 spiro atoms. The molecule has 1 amide bonds. The van der Waals surface area contributed by atoms with Gasteiger partial charge in [0.1, 0.15) is 0 Å². The molecule has 1 aliphatic rings. The number of amides is 1. The number of hydrogen-bond acceptors (Lipinski definition) is 3. The SMILES string of the molecule is CS(=O)(=O)N1CCC(NC(=O)Cc2ccc(Cl)cc2)C1. The summed E-state index contributed by atoms with van der Waals surface area (Å²) in [7, 11) is -3.17. The third-order valence-corrected chi connectivity index (χ3v) is 4.78. The fourth-order valence-electron chi connectivity index (χ4n) is 2.21. The van der Waals surface area contributed by atoms with E-state index in [0.717, 1.165) is 5.56 Å². The molecule has 0 radical (unpaired) electrons. The molecule has 1 fully saturated rings. The van der Waals surface area contributed by atoms with Crippen molar-refractivity contribution >= 4 is 27.5 Å². The molecule has 1 heterocycles. The van der Waals surface area contributed by atoms with Crippen LogP contribution in [-0.2, 0) is 21.2 Å². The largest absolute Gasteiger partial charge is 0.352 e. The monoisotopic (exact) mass is 316 g/mol. The zero-order valence-corrected chi connectivity index (χ0v) is 12.7. The van der Waals surface area contributed by atoms with Crippen LogP contribution in [0.3, 0.4) is 0 Å². The van der Waals surface area contributed by atoms with Crippen molar-refractivity contribution in [2.45, 2.75) is 18.9 Å². The molecular formula is C13H17ClN2O3S. The highest BCUT2D eigenvalue weighted by Crippen LogP contribution is 2.13. The van der Waals surface area contributed by atoms with Gasteiger partial charge in [0.05, 0.1) is 12.7 Å². The second-order valence-electron chi connectivity index (χ2n) is 4.98. The standard InChI is InChI=1S/C13H17ClN2O3S/c1-20(18,19)16-7-6-12(9-16)15-13(17)8-10-2-4-11(14)5-3-10/h2-5,12H,6-9H2,1H3,(H,15,17). The molecule has 0 bridgehead atoms. The topological polar surface area (TPSA) is 66.5 Å². The van der Waals surface area contributed by atoms with Gasteiger partial charge in [-0.15, -0.1) is 0 Å². The minimum absolute atomic E-state index is 0.104. The Morgan fingerprint density at radius 2 is 2.05 bits per heavy atom. The van der Waals surface area contributed by atoms with Crippen LogP contribution < -0.4 is 5.32 Å². The van der Waals surface area contributed by atoms with Gasteiger partial charge in [0, 0.05) is 24.2 Å². The molecule has 1 atom stereocenters. The quantitative estimate of drug-likeness (QED) is 0.902. The number of halogens is 1. The number of carbonyl (C=O) groups excluding carboxylic acids is 1. The number of nitrogens with zero attached hydrogens (tertiary/aromatic N) is 1. The van der Waals surface area contributed by atoms with Crippen LogP contribution in [0.25, 0.3) is 0 Å². The van der Waals surface area contributed by atoms with Crippen molar-refractivity contribution in [2.75, 3.05) is 19.3 Å². The number of nitrogens with one attached hydrogen (secondary N) is 1. The van der Waals surface area contributed by atoms with Gasteiger partial charge in [-0.05, 0) is 24.1 Å². The molecule has 20 heavy (non-hydrogen) atoms. The van der Waals surface area contributed by atoms with Crippen LogP contribution in [0.2, 0.25) is 5.02 Å². The van der Waals surface area contributed by atoms with Gasteiger partial charge < -0.3 is 5.32 Å². The molecule has 5 nitrogen and oxygen atoms in total. The van der Waals surface area contributed by atoms with E-state index >= 15 is 0 Å². The normalized spacial score (nSPS) is 20.0. The molecule has 0 aromatic heterocycles. The van der Waals surface area contributed by atoms with E-state index in [1.807, 2.05) is 0 Å². The highest BCUT2D eigenvalue weighted by molar-refractivity contribution is 7.88. The highest BCUT2D eigenvalue weighted by Gasteiger charge is 2.29. The lowest BCUT2D eigenvalue weighted by Gasteiger charge is -2.14. The van der Waals surface area contributed by atoms with Gasteiger partial charge in [0.25, 0.3) is 0 Å². The maximum absolute atomic E-state index is 11.9. The van der Waals surface area contributed by atoms with Crippen LogP contribution in [0.1, 0.15) is 12.0 Å². The second-order valence-corrected chi connectivity index (χ2v) is 7.40. The van der Waals surface area contributed by atoms with E-state index in [1.165, 1.54) is 10.6 Å². The predicted octanol–water partition coefficient (Wildman–Crippen LogP) is 1.03. The Morgan fingerprint density at radius 3 is 2.60 bits per heavy atom. The Kier molecular flexibility index (Phi) is 4.67. The van der Waals surface area contributed by atoms with E-state index < -0.39 is 10.0 Å². The minimum Gasteiger partial charge on any atom is -0.352 e. The van der Waals surface area contributed by atoms with E-state index in [0.29, 0.717) is 24.5 Å². The summed E-state index contributed by atoms with van der Waals surface area (Å²) in [5.74, 6) is -0.104. The van der Waals surface area contributed by atoms with Crippen molar-refractivity contribution in [3.8, 4) is 0 Å². The van der Waals surface area contributed by atoms with Crippen LogP contribution in [0.15, 0.2) is 24.3 Å². The summed E-state index contributed by atoms with van der Waals surface area (Å²) in [5, 5.41) is 3.50. The minimum atomic E-state index is -3.17. The van der Waals surface area contributed by atoms with Gasteiger partial charge >= 0.3 is 0 Å². The molecule has 1 unspecified atom stereocenters. The van der Waals surface area contributed by atoms with Crippen molar-refractivity contribution in [1.82, 2.24) is 9.62 Å². The Hall–Kier alpha value is -1.11. The smallest absolute Gasteiger partial charge is 0.224 e. The number of sulfonamides is 1. The van der Waals surface area contributed by atoms with Crippen molar-refractivity contribution < 1.29 is 13.2 Å². The first kappa shape index (κ1) is 15.3. The Bertz CT molecular complexity index is 586. The van der Waals surface area contributed by atoms with Crippen molar-refractivity contribution in [3.63, 3.8) is 0 Å². The van der Waals surface area contributed by atoms with E-state index in [4.69, 9.17) is 11.6 Å². The zero-order valence-electron chi connectivity index (χ0n) is 11.2. The predicted molar refractivity (Wildman–Crippen MR) is 78.1 cm³/mol. The molecule has 1 aliphatic heterocycles. The second kappa shape index (κ2) is 6.11. The van der Waals surface area contributed by atoms with Crippen LogP contribution in [0.5, 0.6) is 0 Å². The van der Waals surface area contributed by atoms with Crippen LogP contribution >= 0.6 is 11.6 Å². The molecule has 110 valence electrons. The summed E-state index contributed by atoms with van der Waals surface area (Å²) in [6.45, 7) is 0.815. The number of rotatable bonds is 4. The highest BCUT2D eigenvalue weighted by atomic mass is 35.5. The zero-order chi connectivity index (χ0) is 14.8. The molecule has 1 saturated heterocycles. The first-order valence-corrected chi connectivity index (χ1v) is 8.56. The molecule has 1 aromatic rings. The Balaban J connectivity index is 1.85. The van der Waals surface area contributed by atoms with Gasteiger partial charge in [-0.1, -0.05) is 23.7 Å². The Labute approximate surface area is 124 Å². The fraction of sp³-hybridized carbons (Fsp3) is 0.462. The molecule has 0 aliphatic carbocycles. The van der Waals surface area contributed by atoms with Crippen molar-refractivity contribution in [3.05, 3.63) is 34.9 Å². The average molecular weight is 317 g/mol. The van der Waals surface area contributed by atoms with Crippen LogP contribution in [0, 0.1) is 0 Å². The molecule has 2 rings (SSSR count). The third-order valence-electron chi connectivity index (χ3n) is 3.26. The average Bonchev–Trinajstić information content (AvgIpc) is 2.80. The maximum atomic E-state index is 11.9. The number of benzene rings is 1. The fourth-order valence-corrected chi connectivity index (χ4v) is 3.23. The first-order chi connectivity index (χ1) is 9.34. The number of hydrogen-bond donors (Lipinski definition) is 1. The van der Waals surface area contributed by atoms with Crippen LogP contribution in [-0.4, -0.2) is 44.0 Å². The van der Waals surface area contributed by atoms with Gasteiger partial charge in [-0.2, -0.15) is 0 Å². The lowest BCUT2D eigenvalue weighted by atomic mass is 10.1. The van der Waals surface area contributed by atoms with E-state index in [-0.39, 0.29) is 18.4 Å². The molecule has 1 aromatic carbocycles. The number of carbonyl (C=O) groups is 1. The van der Waals surface area contributed by atoms with Gasteiger partial charge in [-0.25, -0.2) is 12.7 Å². The van der Waals surface area contributed by atoms with Crippen LogP contribution in [0.4, 0.5) is 0 Å². The summed E-state index contributed by atoms with van der Waals surface area (Å²) in [4.78, 5) is 11.9. The van der Waals surface area contributed by atoms with Gasteiger partial charge in [0.2, 0.25) is 15.9 Å². The maximum Gasteiger partial charge on any atom is 0.224 e. The van der Waals surface area contributed by atoms with Gasteiger partial charge in [0.15, 0.2) is 0 Å². The molecule has 0 saturated carbocycles. The lowest BCUT2D eigenvalue weighted by Crippen LogP contribution is -2.38. The lowest BCUT2D eigenvalue weighted by molar-refractivity contribution is -0.121. The summed E-state index contributed by atoms with van der Waals surface area (Å²) in [6.07, 6.45) is 2.11. The van der Waals surface area contributed by atoms with Gasteiger partial charge in [-0.3, -0.25) is 4.79 Å². The summed E-state index contributed by atoms with van der Waals surface area (Å²) in [6, 6.07) is 6.99. The molecular weight excluding hydrogens is 300 g/mol. The van der Waals surface area contributed by atoms with E-state index in [2.05, 4.69) is 5.32 Å². The molecule has 7 heteroatoms. The van der Waals surface area contributed by atoms with E-state index in [9.17, 15) is 13.2 Å². The van der Waals surface area contributed by atoms with E-state index in [1.54, 1.807) is 24.3 Å². The summed E-state index contributed by atoms with van der Waals surface area (Å²) in [5.41, 5.74) is 0.880.